The second kappa shape index (κ2) is 4.23. The van der Waals surface area contributed by atoms with E-state index in [-0.39, 0.29) is 0 Å². The van der Waals surface area contributed by atoms with Crippen molar-refractivity contribution >= 4 is 5.78 Å². The van der Waals surface area contributed by atoms with E-state index >= 15 is 0 Å². The van der Waals surface area contributed by atoms with E-state index in [9.17, 15) is 4.79 Å². The van der Waals surface area contributed by atoms with Crippen LogP contribution < -0.4 is 0 Å². The third-order valence-corrected chi connectivity index (χ3v) is 3.28. The number of rotatable bonds is 2. The van der Waals surface area contributed by atoms with Gasteiger partial charge in [-0.2, -0.15) is 0 Å². The number of Topliss-reactive ketones (excluding diaryl/α,β-unsaturated/α-hetero) is 1. The number of hydrogen-bond donors (Lipinski definition) is 0. The maximum atomic E-state index is 11.0. The average molecular weight is 182 g/mol. The van der Waals surface area contributed by atoms with Gasteiger partial charge in [-0.15, -0.1) is 0 Å². The van der Waals surface area contributed by atoms with E-state index in [4.69, 9.17) is 4.74 Å². The average Bonchev–Trinajstić information content (AvgIpc) is 2.62. The first-order valence-electron chi connectivity index (χ1n) is 5.48. The van der Waals surface area contributed by atoms with Crippen LogP contribution in [-0.2, 0) is 9.53 Å². The van der Waals surface area contributed by atoms with Crippen LogP contribution in [0.5, 0.6) is 0 Å². The molecular weight excluding hydrogens is 164 g/mol. The van der Waals surface area contributed by atoms with Gasteiger partial charge in [0.25, 0.3) is 0 Å². The van der Waals surface area contributed by atoms with Crippen molar-refractivity contribution in [2.45, 2.75) is 51.0 Å². The fourth-order valence-corrected chi connectivity index (χ4v) is 2.44. The molecule has 0 radical (unpaired) electrons. The smallest absolute Gasteiger partial charge is 0.132 e. The lowest BCUT2D eigenvalue weighted by Crippen LogP contribution is -2.19. The maximum absolute atomic E-state index is 11.0. The summed E-state index contributed by atoms with van der Waals surface area (Å²) in [5.74, 6) is 1.23. The van der Waals surface area contributed by atoms with E-state index in [1.807, 2.05) is 0 Å². The highest BCUT2D eigenvalue weighted by Crippen LogP contribution is 2.29. The van der Waals surface area contributed by atoms with E-state index < -0.39 is 0 Å². The molecule has 1 aliphatic heterocycles. The van der Waals surface area contributed by atoms with Gasteiger partial charge in [-0.1, -0.05) is 0 Å². The van der Waals surface area contributed by atoms with Crippen LogP contribution in [0.2, 0.25) is 0 Å². The van der Waals surface area contributed by atoms with E-state index in [0.717, 1.165) is 38.2 Å². The Bertz CT molecular complexity index is 173. The molecule has 2 nitrogen and oxygen atoms in total. The summed E-state index contributed by atoms with van der Waals surface area (Å²) in [6.45, 7) is 0.955. The number of hydrogen-bond acceptors (Lipinski definition) is 2. The monoisotopic (exact) mass is 182 g/mol. The van der Waals surface area contributed by atoms with Crippen LogP contribution in [0.3, 0.4) is 0 Å². The van der Waals surface area contributed by atoms with Crippen molar-refractivity contribution in [2.75, 3.05) is 6.61 Å². The van der Waals surface area contributed by atoms with Gasteiger partial charge in [-0.05, 0) is 38.0 Å². The maximum Gasteiger partial charge on any atom is 0.132 e. The predicted octanol–water partition coefficient (Wildman–Crippen LogP) is 2.31. The predicted molar refractivity (Wildman–Crippen MR) is 50.6 cm³/mol. The summed E-state index contributed by atoms with van der Waals surface area (Å²) in [7, 11) is 0. The minimum atomic E-state index is 0.462. The van der Waals surface area contributed by atoms with E-state index in [2.05, 4.69) is 0 Å². The molecule has 74 valence electrons. The molecule has 1 saturated carbocycles. The van der Waals surface area contributed by atoms with Crippen molar-refractivity contribution in [3.63, 3.8) is 0 Å². The summed E-state index contributed by atoms with van der Waals surface area (Å²) in [6, 6.07) is 0. The summed E-state index contributed by atoms with van der Waals surface area (Å²) < 4.78 is 5.60. The zero-order valence-corrected chi connectivity index (χ0v) is 8.13. The lowest BCUT2D eigenvalue weighted by molar-refractivity contribution is -0.121. The van der Waals surface area contributed by atoms with E-state index in [1.54, 1.807) is 0 Å². The molecule has 0 aromatic rings. The Balaban J connectivity index is 1.72. The second-order valence-corrected chi connectivity index (χ2v) is 4.35. The van der Waals surface area contributed by atoms with Crippen molar-refractivity contribution in [1.29, 1.82) is 0 Å². The number of ether oxygens (including phenoxy) is 1. The molecule has 0 bridgehead atoms. The number of ketones is 1. The van der Waals surface area contributed by atoms with E-state index in [1.165, 1.54) is 19.3 Å². The van der Waals surface area contributed by atoms with Crippen molar-refractivity contribution < 1.29 is 9.53 Å². The molecule has 0 aromatic heterocycles. The van der Waals surface area contributed by atoms with Gasteiger partial charge in [0, 0.05) is 19.4 Å². The Hall–Kier alpha value is -0.370. The molecule has 1 saturated heterocycles. The highest BCUT2D eigenvalue weighted by Gasteiger charge is 2.24. The van der Waals surface area contributed by atoms with Crippen LogP contribution in [0.4, 0.5) is 0 Å². The van der Waals surface area contributed by atoms with Crippen molar-refractivity contribution in [3.05, 3.63) is 0 Å². The fraction of sp³-hybridized carbons (Fsp3) is 0.909. The first-order valence-corrected chi connectivity index (χ1v) is 5.48. The van der Waals surface area contributed by atoms with Crippen molar-refractivity contribution in [2.24, 2.45) is 5.92 Å². The molecule has 0 N–H and O–H groups in total. The Kier molecular flexibility index (Phi) is 2.99. The SMILES string of the molecule is O=C1CCC(CC2CCCO2)CC1. The molecule has 1 unspecified atom stereocenters. The first kappa shape index (κ1) is 9.20. The minimum absolute atomic E-state index is 0.462. The fourth-order valence-electron chi connectivity index (χ4n) is 2.44. The van der Waals surface area contributed by atoms with E-state index in [0.29, 0.717) is 11.9 Å². The Labute approximate surface area is 79.7 Å². The molecule has 2 rings (SSSR count). The molecule has 2 aliphatic rings. The number of carbonyl (C=O) groups excluding carboxylic acids is 1. The standard InChI is InChI=1S/C11H18O2/c12-10-5-3-9(4-6-10)8-11-2-1-7-13-11/h9,11H,1-8H2. The van der Waals surface area contributed by atoms with Gasteiger partial charge >= 0.3 is 0 Å². The van der Waals surface area contributed by atoms with Gasteiger partial charge in [0.15, 0.2) is 0 Å². The van der Waals surface area contributed by atoms with Crippen LogP contribution >= 0.6 is 0 Å². The third-order valence-electron chi connectivity index (χ3n) is 3.28. The number of carbonyl (C=O) groups is 1. The van der Waals surface area contributed by atoms with Crippen molar-refractivity contribution in [3.8, 4) is 0 Å². The molecule has 2 heteroatoms. The second-order valence-electron chi connectivity index (χ2n) is 4.35. The minimum Gasteiger partial charge on any atom is -0.378 e. The molecule has 0 spiro atoms. The molecule has 0 aromatic carbocycles. The third kappa shape index (κ3) is 2.53. The lowest BCUT2D eigenvalue weighted by Gasteiger charge is -2.23. The highest BCUT2D eigenvalue weighted by molar-refractivity contribution is 5.78. The van der Waals surface area contributed by atoms with Gasteiger partial charge < -0.3 is 4.74 Å². The largest absolute Gasteiger partial charge is 0.378 e. The first-order chi connectivity index (χ1) is 6.34. The van der Waals surface area contributed by atoms with Crippen LogP contribution in [0, 0.1) is 5.92 Å². The zero-order valence-electron chi connectivity index (χ0n) is 8.13. The molecule has 13 heavy (non-hydrogen) atoms. The van der Waals surface area contributed by atoms with Crippen LogP contribution in [0.15, 0.2) is 0 Å². The normalized spacial score (nSPS) is 31.1. The quantitative estimate of drug-likeness (QED) is 0.655. The van der Waals surface area contributed by atoms with Gasteiger partial charge in [-0.25, -0.2) is 0 Å². The molecule has 0 amide bonds. The summed E-state index contributed by atoms with van der Waals surface area (Å²) in [4.78, 5) is 11.0. The molecular formula is C11H18O2. The zero-order chi connectivity index (χ0) is 9.10. The Morgan fingerprint density at radius 1 is 1.23 bits per heavy atom. The summed E-state index contributed by atoms with van der Waals surface area (Å²) in [6.07, 6.45) is 8.04. The summed E-state index contributed by atoms with van der Waals surface area (Å²) >= 11 is 0. The highest BCUT2D eigenvalue weighted by atomic mass is 16.5. The van der Waals surface area contributed by atoms with Crippen LogP contribution in [0.1, 0.15) is 44.9 Å². The van der Waals surface area contributed by atoms with Gasteiger partial charge in [0.2, 0.25) is 0 Å². The molecule has 2 fully saturated rings. The lowest BCUT2D eigenvalue weighted by atomic mass is 9.84. The Morgan fingerprint density at radius 2 is 2.00 bits per heavy atom. The molecule has 1 heterocycles. The topological polar surface area (TPSA) is 26.3 Å². The summed E-state index contributed by atoms with van der Waals surface area (Å²) in [5.41, 5.74) is 0. The van der Waals surface area contributed by atoms with Crippen LogP contribution in [-0.4, -0.2) is 18.5 Å². The molecule has 1 atom stereocenters. The van der Waals surface area contributed by atoms with Gasteiger partial charge in [0.1, 0.15) is 5.78 Å². The van der Waals surface area contributed by atoms with Gasteiger partial charge in [0.05, 0.1) is 6.10 Å². The Morgan fingerprint density at radius 3 is 2.62 bits per heavy atom. The van der Waals surface area contributed by atoms with Crippen LogP contribution in [0.25, 0.3) is 0 Å². The molecule has 1 aliphatic carbocycles. The van der Waals surface area contributed by atoms with Crippen molar-refractivity contribution in [1.82, 2.24) is 0 Å². The summed E-state index contributed by atoms with van der Waals surface area (Å²) in [5, 5.41) is 0. The van der Waals surface area contributed by atoms with Gasteiger partial charge in [-0.3, -0.25) is 4.79 Å².